The van der Waals surface area contributed by atoms with Gasteiger partial charge in [-0.15, -0.1) is 0 Å². The lowest BCUT2D eigenvalue weighted by Gasteiger charge is -2.00. The van der Waals surface area contributed by atoms with E-state index in [0.29, 0.717) is 0 Å². The third-order valence-corrected chi connectivity index (χ3v) is 1.78. The van der Waals surface area contributed by atoms with Gasteiger partial charge in [-0.25, -0.2) is 9.67 Å². The summed E-state index contributed by atoms with van der Waals surface area (Å²) in [5.41, 5.74) is 0.882. The molecule has 2 heterocycles. The Morgan fingerprint density at radius 3 is 2.93 bits per heavy atom. The Bertz CT molecular complexity index is 430. The van der Waals surface area contributed by atoms with Crippen molar-refractivity contribution in [2.24, 2.45) is 0 Å². The van der Waals surface area contributed by atoms with Crippen molar-refractivity contribution >= 4 is 6.08 Å². The molecular weight excluding hydrogens is 174 g/mol. The number of allylic oxidation sites excluding steroid dienone is 1. The van der Waals surface area contributed by atoms with Crippen molar-refractivity contribution in [1.82, 2.24) is 14.8 Å². The molecule has 0 saturated carbocycles. The normalized spacial score (nSPS) is 10.9. The third kappa shape index (κ3) is 1.71. The number of hydrogen-bond acceptors (Lipinski definition) is 2. The number of pyridine rings is 1. The minimum atomic E-state index is 0.811. The molecule has 2 aromatic rings. The molecule has 0 atom stereocenters. The number of hydrogen-bond donors (Lipinski definition) is 0. The molecule has 0 N–H and O–H groups in total. The van der Waals surface area contributed by atoms with Gasteiger partial charge in [-0.3, -0.25) is 0 Å². The summed E-state index contributed by atoms with van der Waals surface area (Å²) < 4.78 is 1.72. The molecule has 2 aromatic heterocycles. The molecule has 0 amide bonds. The van der Waals surface area contributed by atoms with Crippen LogP contribution < -0.4 is 0 Å². The zero-order chi connectivity index (χ0) is 9.80. The Kier molecular flexibility index (Phi) is 2.40. The number of rotatable bonds is 2. The molecule has 2 rings (SSSR count). The van der Waals surface area contributed by atoms with Crippen LogP contribution in [0.15, 0.2) is 42.7 Å². The summed E-state index contributed by atoms with van der Waals surface area (Å²) in [6.07, 6.45) is 7.16. The largest absolute Gasteiger partial charge is 0.229 e. The van der Waals surface area contributed by atoms with Crippen molar-refractivity contribution in [3.05, 3.63) is 55.4 Å². The van der Waals surface area contributed by atoms with Crippen LogP contribution in [0, 0.1) is 6.92 Å². The Morgan fingerprint density at radius 2 is 2.21 bits per heavy atom. The van der Waals surface area contributed by atoms with Crippen LogP contribution in [0.4, 0.5) is 0 Å². The van der Waals surface area contributed by atoms with Crippen LogP contribution in [-0.4, -0.2) is 14.8 Å². The van der Waals surface area contributed by atoms with Crippen LogP contribution >= 0.6 is 0 Å². The van der Waals surface area contributed by atoms with Crippen molar-refractivity contribution in [2.45, 2.75) is 0 Å². The molecule has 0 spiro atoms. The molecule has 0 bridgehead atoms. The summed E-state index contributed by atoms with van der Waals surface area (Å²) in [5.74, 6) is 0.811. The van der Waals surface area contributed by atoms with E-state index in [9.17, 15) is 0 Å². The molecule has 3 heteroatoms. The van der Waals surface area contributed by atoms with Crippen molar-refractivity contribution in [3.63, 3.8) is 0 Å². The fraction of sp³-hybridized carbons (Fsp3) is 0. The monoisotopic (exact) mass is 184 g/mol. The quantitative estimate of drug-likeness (QED) is 0.715. The Hall–Kier alpha value is -1.90. The molecule has 0 unspecified atom stereocenters. The van der Waals surface area contributed by atoms with E-state index in [0.717, 1.165) is 11.5 Å². The topological polar surface area (TPSA) is 30.7 Å². The molecule has 1 radical (unpaired) electrons. The van der Waals surface area contributed by atoms with E-state index >= 15 is 0 Å². The molecule has 0 aliphatic rings. The number of aromatic nitrogens is 3. The minimum Gasteiger partial charge on any atom is -0.229 e. The SMILES string of the molecule is [CH2]/C=C/c1cccc(-n2cccn2)n1. The first-order valence-corrected chi connectivity index (χ1v) is 4.33. The highest BCUT2D eigenvalue weighted by atomic mass is 15.3. The zero-order valence-corrected chi connectivity index (χ0v) is 7.67. The fourth-order valence-electron chi connectivity index (χ4n) is 1.19. The summed E-state index contributed by atoms with van der Waals surface area (Å²) in [4.78, 5) is 4.38. The van der Waals surface area contributed by atoms with Crippen molar-refractivity contribution in [3.8, 4) is 5.82 Å². The van der Waals surface area contributed by atoms with Gasteiger partial charge in [0.15, 0.2) is 5.82 Å². The first-order valence-electron chi connectivity index (χ1n) is 4.33. The average Bonchev–Trinajstić information content (AvgIpc) is 2.71. The van der Waals surface area contributed by atoms with E-state index in [-0.39, 0.29) is 0 Å². The lowest BCUT2D eigenvalue weighted by Crippen LogP contribution is -1.98. The van der Waals surface area contributed by atoms with Crippen molar-refractivity contribution < 1.29 is 0 Å². The van der Waals surface area contributed by atoms with Gasteiger partial charge >= 0.3 is 0 Å². The standard InChI is InChI=1S/C11H10N3/c1-2-5-10-6-3-7-11(13-10)14-9-4-8-12-14/h2-9H,1H2/b5-2+. The van der Waals surface area contributed by atoms with E-state index in [1.165, 1.54) is 0 Å². The molecule has 14 heavy (non-hydrogen) atoms. The smallest absolute Gasteiger partial charge is 0.153 e. The lowest BCUT2D eigenvalue weighted by atomic mass is 10.3. The molecule has 0 aliphatic heterocycles. The number of nitrogens with zero attached hydrogens (tertiary/aromatic N) is 3. The molecule has 0 fully saturated rings. The second kappa shape index (κ2) is 3.87. The average molecular weight is 184 g/mol. The van der Waals surface area contributed by atoms with Gasteiger partial charge in [0.2, 0.25) is 0 Å². The van der Waals surface area contributed by atoms with Crippen LogP contribution in [0.3, 0.4) is 0 Å². The van der Waals surface area contributed by atoms with Gasteiger partial charge in [0.05, 0.1) is 5.69 Å². The first-order chi connectivity index (χ1) is 6.90. The van der Waals surface area contributed by atoms with Crippen LogP contribution in [0.2, 0.25) is 0 Å². The predicted octanol–water partition coefficient (Wildman–Crippen LogP) is 2.11. The Morgan fingerprint density at radius 1 is 1.29 bits per heavy atom. The van der Waals surface area contributed by atoms with E-state index in [1.54, 1.807) is 17.0 Å². The second-order valence-corrected chi connectivity index (χ2v) is 2.77. The summed E-state index contributed by atoms with van der Waals surface area (Å²) in [5, 5.41) is 4.10. The Labute approximate surface area is 82.7 Å². The van der Waals surface area contributed by atoms with Crippen LogP contribution in [-0.2, 0) is 0 Å². The van der Waals surface area contributed by atoms with Gasteiger partial charge in [-0.1, -0.05) is 12.1 Å². The van der Waals surface area contributed by atoms with Gasteiger partial charge in [-0.05, 0) is 31.2 Å². The maximum atomic E-state index is 4.38. The van der Waals surface area contributed by atoms with E-state index in [1.807, 2.05) is 36.5 Å². The summed E-state index contributed by atoms with van der Waals surface area (Å²) in [7, 11) is 0. The highest BCUT2D eigenvalue weighted by Gasteiger charge is 1.96. The molecule has 69 valence electrons. The van der Waals surface area contributed by atoms with Gasteiger partial charge in [0.25, 0.3) is 0 Å². The van der Waals surface area contributed by atoms with Crippen LogP contribution in [0.5, 0.6) is 0 Å². The lowest BCUT2D eigenvalue weighted by molar-refractivity contribution is 0.845. The predicted molar refractivity (Wildman–Crippen MR) is 55.8 cm³/mol. The van der Waals surface area contributed by atoms with Crippen LogP contribution in [0.25, 0.3) is 11.9 Å². The van der Waals surface area contributed by atoms with E-state index < -0.39 is 0 Å². The fourth-order valence-corrected chi connectivity index (χ4v) is 1.19. The Balaban J connectivity index is 2.40. The highest BCUT2D eigenvalue weighted by Crippen LogP contribution is 2.05. The summed E-state index contributed by atoms with van der Waals surface area (Å²) >= 11 is 0. The molecular formula is C11H10N3. The van der Waals surface area contributed by atoms with E-state index in [4.69, 9.17) is 0 Å². The molecule has 0 aliphatic carbocycles. The second-order valence-electron chi connectivity index (χ2n) is 2.77. The first kappa shape index (κ1) is 8.69. The zero-order valence-electron chi connectivity index (χ0n) is 7.67. The van der Waals surface area contributed by atoms with Gasteiger partial charge in [0, 0.05) is 12.4 Å². The van der Waals surface area contributed by atoms with Gasteiger partial charge < -0.3 is 0 Å². The third-order valence-electron chi connectivity index (χ3n) is 1.78. The van der Waals surface area contributed by atoms with Gasteiger partial charge in [0.1, 0.15) is 0 Å². The van der Waals surface area contributed by atoms with Gasteiger partial charge in [-0.2, -0.15) is 5.10 Å². The van der Waals surface area contributed by atoms with E-state index in [2.05, 4.69) is 17.0 Å². The summed E-state index contributed by atoms with van der Waals surface area (Å²) in [6, 6.07) is 7.65. The summed E-state index contributed by atoms with van der Waals surface area (Å²) in [6.45, 7) is 3.63. The molecule has 0 aromatic carbocycles. The van der Waals surface area contributed by atoms with Crippen molar-refractivity contribution in [2.75, 3.05) is 0 Å². The maximum absolute atomic E-state index is 4.38. The molecule has 0 saturated heterocycles. The maximum Gasteiger partial charge on any atom is 0.153 e. The molecule has 3 nitrogen and oxygen atoms in total. The highest BCUT2D eigenvalue weighted by molar-refractivity contribution is 5.46. The van der Waals surface area contributed by atoms with Crippen LogP contribution in [0.1, 0.15) is 5.69 Å². The van der Waals surface area contributed by atoms with Crippen molar-refractivity contribution in [1.29, 1.82) is 0 Å². The minimum absolute atomic E-state index is 0.811.